The van der Waals surface area contributed by atoms with Crippen LogP contribution in [0.15, 0.2) is 73.1 Å². The van der Waals surface area contributed by atoms with E-state index in [0.717, 1.165) is 35.1 Å². The van der Waals surface area contributed by atoms with Crippen molar-refractivity contribution < 1.29 is 9.53 Å². The molecule has 2 heterocycles. The maximum atomic E-state index is 12.8. The molecule has 2 atom stereocenters. The number of para-hydroxylation sites is 1. The number of carbonyl (C=O) groups is 1. The fourth-order valence-corrected chi connectivity index (χ4v) is 4.49. The van der Waals surface area contributed by atoms with Crippen LogP contribution in [0.2, 0.25) is 0 Å². The van der Waals surface area contributed by atoms with E-state index in [-0.39, 0.29) is 29.6 Å². The minimum Gasteiger partial charge on any atom is -0.457 e. The molecule has 0 aliphatic carbocycles. The third kappa shape index (κ3) is 6.69. The molecule has 4 rings (SSSR count). The molecule has 1 amide bonds. The summed E-state index contributed by atoms with van der Waals surface area (Å²) in [6, 6.07) is 19.3. The van der Waals surface area contributed by atoms with Gasteiger partial charge in [-0.2, -0.15) is 0 Å². The van der Waals surface area contributed by atoms with E-state index >= 15 is 0 Å². The van der Waals surface area contributed by atoms with Crippen LogP contribution >= 0.6 is 24.2 Å². The molecule has 31 heavy (non-hydrogen) atoms. The summed E-state index contributed by atoms with van der Waals surface area (Å²) in [4.78, 5) is 21.2. The van der Waals surface area contributed by atoms with E-state index in [1.165, 1.54) is 0 Å². The Hall–Kier alpha value is -2.61. The zero-order chi connectivity index (χ0) is 20.6. The summed E-state index contributed by atoms with van der Waals surface area (Å²) in [6.45, 7) is 1.29. The van der Waals surface area contributed by atoms with E-state index in [0.29, 0.717) is 13.1 Å². The molecule has 3 aromatic rings. The van der Waals surface area contributed by atoms with Crippen LogP contribution in [-0.2, 0) is 11.3 Å². The number of amides is 1. The molecule has 162 valence electrons. The molecule has 2 N–H and O–H groups in total. The van der Waals surface area contributed by atoms with Crippen molar-refractivity contribution in [2.45, 2.75) is 24.3 Å². The number of hydrogen-bond donors (Lipinski definition) is 2. The highest BCUT2D eigenvalue weighted by Crippen LogP contribution is 2.33. The van der Waals surface area contributed by atoms with Crippen molar-refractivity contribution in [1.82, 2.24) is 20.6 Å². The second-order valence-electron chi connectivity index (χ2n) is 7.03. The van der Waals surface area contributed by atoms with Crippen molar-refractivity contribution in [3.05, 3.63) is 84.4 Å². The Labute approximate surface area is 192 Å². The molecular weight excluding hydrogens is 432 g/mol. The number of aromatic nitrogens is 2. The molecule has 8 heteroatoms. The van der Waals surface area contributed by atoms with E-state index in [1.807, 2.05) is 54.6 Å². The number of ether oxygens (including phenoxy) is 1. The molecule has 0 unspecified atom stereocenters. The molecule has 1 aromatic heterocycles. The number of carbonyl (C=O) groups excluding carboxylic acids is 1. The minimum absolute atomic E-state index is 0. The summed E-state index contributed by atoms with van der Waals surface area (Å²) in [5, 5.41) is 6.30. The van der Waals surface area contributed by atoms with Crippen LogP contribution in [-0.4, -0.2) is 34.2 Å². The van der Waals surface area contributed by atoms with Gasteiger partial charge in [-0.1, -0.05) is 30.3 Å². The van der Waals surface area contributed by atoms with Gasteiger partial charge in [0, 0.05) is 25.0 Å². The molecule has 1 aliphatic rings. The van der Waals surface area contributed by atoms with Crippen LogP contribution in [0, 0.1) is 0 Å². The summed E-state index contributed by atoms with van der Waals surface area (Å²) < 4.78 is 5.84. The van der Waals surface area contributed by atoms with Gasteiger partial charge in [0.2, 0.25) is 5.91 Å². The Bertz CT molecular complexity index is 945. The third-order valence-corrected chi connectivity index (χ3v) is 6.08. The van der Waals surface area contributed by atoms with Crippen LogP contribution in [0.5, 0.6) is 11.5 Å². The molecule has 1 aliphatic heterocycles. The van der Waals surface area contributed by atoms with E-state index in [1.54, 1.807) is 30.2 Å². The fourth-order valence-electron chi connectivity index (χ4n) is 3.27. The van der Waals surface area contributed by atoms with Gasteiger partial charge in [-0.25, -0.2) is 9.97 Å². The molecule has 0 saturated carbocycles. The normalized spacial score (nSPS) is 18.4. The molecule has 1 saturated heterocycles. The lowest BCUT2D eigenvalue weighted by Crippen LogP contribution is -2.42. The number of nitrogens with one attached hydrogen (secondary N) is 2. The SMILES string of the molecule is Cl.O=C1N[C@H](CNCc2ncccn2)CCS[C@@H]1c1ccc(Oc2ccccc2)cc1. The summed E-state index contributed by atoms with van der Waals surface area (Å²) in [6.07, 6.45) is 4.38. The standard InChI is InChI=1S/C23H24N4O2S.ClH/c28-23-22(17-7-9-20(10-8-17)29-19-5-2-1-3-6-19)30-14-11-18(27-23)15-24-16-21-25-12-4-13-26-21;/h1-10,12-13,18,22,24H,11,14-16H2,(H,27,28);1H/t18-,22+;/m0./s1. The summed E-state index contributed by atoms with van der Waals surface area (Å²) in [5.74, 6) is 3.27. The predicted octanol–water partition coefficient (Wildman–Crippen LogP) is 4.14. The van der Waals surface area contributed by atoms with Gasteiger partial charge in [-0.3, -0.25) is 4.79 Å². The quantitative estimate of drug-likeness (QED) is 0.556. The van der Waals surface area contributed by atoms with Gasteiger partial charge in [-0.05, 0) is 48.1 Å². The maximum absolute atomic E-state index is 12.8. The van der Waals surface area contributed by atoms with E-state index in [2.05, 4.69) is 20.6 Å². The van der Waals surface area contributed by atoms with Crippen LogP contribution in [0.3, 0.4) is 0 Å². The molecular formula is C23H25ClN4O2S. The zero-order valence-corrected chi connectivity index (χ0v) is 18.6. The van der Waals surface area contributed by atoms with Crippen molar-refractivity contribution in [3.8, 4) is 11.5 Å². The second-order valence-corrected chi connectivity index (χ2v) is 8.24. The number of nitrogens with zero attached hydrogens (tertiary/aromatic N) is 2. The lowest BCUT2D eigenvalue weighted by Gasteiger charge is -2.18. The monoisotopic (exact) mass is 456 g/mol. The van der Waals surface area contributed by atoms with Gasteiger partial charge >= 0.3 is 0 Å². The highest BCUT2D eigenvalue weighted by molar-refractivity contribution is 8.00. The van der Waals surface area contributed by atoms with Gasteiger partial charge in [0.1, 0.15) is 22.6 Å². The van der Waals surface area contributed by atoms with Crippen molar-refractivity contribution >= 4 is 30.1 Å². The van der Waals surface area contributed by atoms with Crippen LogP contribution < -0.4 is 15.4 Å². The number of benzene rings is 2. The van der Waals surface area contributed by atoms with E-state index in [4.69, 9.17) is 4.74 Å². The lowest BCUT2D eigenvalue weighted by atomic mass is 10.1. The maximum Gasteiger partial charge on any atom is 0.237 e. The Morgan fingerprint density at radius 2 is 1.71 bits per heavy atom. The first-order chi connectivity index (χ1) is 14.8. The van der Waals surface area contributed by atoms with Gasteiger partial charge in [0.25, 0.3) is 0 Å². The molecule has 1 fully saturated rings. The fraction of sp³-hybridized carbons (Fsp3) is 0.261. The average molecular weight is 457 g/mol. The molecule has 0 radical (unpaired) electrons. The highest BCUT2D eigenvalue weighted by Gasteiger charge is 2.27. The second kappa shape index (κ2) is 11.7. The number of rotatable bonds is 7. The molecule has 0 bridgehead atoms. The molecule has 2 aromatic carbocycles. The highest BCUT2D eigenvalue weighted by atomic mass is 35.5. The Morgan fingerprint density at radius 3 is 2.45 bits per heavy atom. The van der Waals surface area contributed by atoms with Crippen molar-refractivity contribution in [1.29, 1.82) is 0 Å². The summed E-state index contributed by atoms with van der Waals surface area (Å²) >= 11 is 1.68. The average Bonchev–Trinajstić information content (AvgIpc) is 2.97. The summed E-state index contributed by atoms with van der Waals surface area (Å²) in [7, 11) is 0. The van der Waals surface area contributed by atoms with Gasteiger partial charge < -0.3 is 15.4 Å². The first-order valence-electron chi connectivity index (χ1n) is 9.99. The molecule has 6 nitrogen and oxygen atoms in total. The smallest absolute Gasteiger partial charge is 0.237 e. The number of halogens is 1. The summed E-state index contributed by atoms with van der Waals surface area (Å²) in [5.41, 5.74) is 0.990. The number of hydrogen-bond acceptors (Lipinski definition) is 6. The van der Waals surface area contributed by atoms with Crippen molar-refractivity contribution in [2.75, 3.05) is 12.3 Å². The largest absolute Gasteiger partial charge is 0.457 e. The third-order valence-electron chi connectivity index (χ3n) is 4.79. The number of thioether (sulfide) groups is 1. The van der Waals surface area contributed by atoms with E-state index < -0.39 is 0 Å². The van der Waals surface area contributed by atoms with Gasteiger partial charge in [0.15, 0.2) is 0 Å². The minimum atomic E-state index is -0.210. The van der Waals surface area contributed by atoms with E-state index in [9.17, 15) is 4.79 Å². The van der Waals surface area contributed by atoms with Crippen LogP contribution in [0.25, 0.3) is 0 Å². The van der Waals surface area contributed by atoms with Crippen LogP contribution in [0.4, 0.5) is 0 Å². The topological polar surface area (TPSA) is 76.1 Å². The van der Waals surface area contributed by atoms with Gasteiger partial charge in [0.05, 0.1) is 6.54 Å². The van der Waals surface area contributed by atoms with Crippen molar-refractivity contribution in [2.24, 2.45) is 0 Å². The van der Waals surface area contributed by atoms with Crippen molar-refractivity contribution in [3.63, 3.8) is 0 Å². The lowest BCUT2D eigenvalue weighted by molar-refractivity contribution is -0.121. The Balaban J connectivity index is 0.00000272. The predicted molar refractivity (Wildman–Crippen MR) is 126 cm³/mol. The Morgan fingerprint density at radius 1 is 1.00 bits per heavy atom. The first kappa shape index (κ1) is 23.1. The Kier molecular flexibility index (Phi) is 8.70. The van der Waals surface area contributed by atoms with Crippen LogP contribution in [0.1, 0.15) is 23.1 Å². The zero-order valence-electron chi connectivity index (χ0n) is 16.9. The first-order valence-corrected chi connectivity index (χ1v) is 11.0. The van der Waals surface area contributed by atoms with Gasteiger partial charge in [-0.15, -0.1) is 24.2 Å². The molecule has 0 spiro atoms.